The summed E-state index contributed by atoms with van der Waals surface area (Å²) >= 11 is 0. The van der Waals surface area contributed by atoms with E-state index in [0.29, 0.717) is 30.7 Å². The van der Waals surface area contributed by atoms with Crippen molar-refractivity contribution in [3.05, 3.63) is 17.5 Å². The van der Waals surface area contributed by atoms with Crippen molar-refractivity contribution in [2.45, 2.75) is 38.5 Å². The molecule has 0 amide bonds. The standard InChI is InChI=1S/C14H20N2O4/c1-19-8-11-5-10(15-20-11)7-16-6-9-3-2-4-12(9)13(16)14(17)18/h5,9,12-13H,2-4,6-8H2,1H3,(H,17,18). The van der Waals surface area contributed by atoms with Crippen LogP contribution in [0.2, 0.25) is 0 Å². The Balaban J connectivity index is 1.70. The molecule has 1 aliphatic carbocycles. The number of carbonyl (C=O) groups is 1. The maximum Gasteiger partial charge on any atom is 0.321 e. The molecule has 1 aliphatic heterocycles. The molecule has 3 atom stereocenters. The van der Waals surface area contributed by atoms with Crippen LogP contribution < -0.4 is 0 Å². The van der Waals surface area contributed by atoms with Crippen LogP contribution in [-0.4, -0.2) is 40.8 Å². The summed E-state index contributed by atoms with van der Waals surface area (Å²) in [6.45, 7) is 1.78. The van der Waals surface area contributed by atoms with Gasteiger partial charge in [-0.05, 0) is 24.7 Å². The van der Waals surface area contributed by atoms with Gasteiger partial charge in [-0.25, -0.2) is 0 Å². The summed E-state index contributed by atoms with van der Waals surface area (Å²) < 4.78 is 10.1. The molecule has 110 valence electrons. The molecule has 20 heavy (non-hydrogen) atoms. The van der Waals surface area contributed by atoms with Gasteiger partial charge in [0.25, 0.3) is 0 Å². The number of nitrogens with zero attached hydrogens (tertiary/aromatic N) is 2. The van der Waals surface area contributed by atoms with Crippen molar-refractivity contribution in [1.29, 1.82) is 0 Å². The Labute approximate surface area is 117 Å². The lowest BCUT2D eigenvalue weighted by Gasteiger charge is -2.22. The Morgan fingerprint density at radius 1 is 1.60 bits per heavy atom. The first-order valence-electron chi connectivity index (χ1n) is 7.09. The highest BCUT2D eigenvalue weighted by Crippen LogP contribution is 2.42. The highest BCUT2D eigenvalue weighted by Gasteiger charge is 2.47. The fourth-order valence-corrected chi connectivity index (χ4v) is 3.74. The second kappa shape index (κ2) is 5.54. The third kappa shape index (κ3) is 2.45. The second-order valence-electron chi connectivity index (χ2n) is 5.78. The zero-order chi connectivity index (χ0) is 14.1. The third-order valence-electron chi connectivity index (χ3n) is 4.50. The van der Waals surface area contributed by atoms with Crippen LogP contribution in [0.5, 0.6) is 0 Å². The molecule has 3 rings (SSSR count). The number of carboxylic acids is 1. The minimum Gasteiger partial charge on any atom is -0.480 e. The van der Waals surface area contributed by atoms with E-state index in [2.05, 4.69) is 5.16 Å². The van der Waals surface area contributed by atoms with E-state index < -0.39 is 5.97 Å². The van der Waals surface area contributed by atoms with Crippen LogP contribution >= 0.6 is 0 Å². The number of aliphatic carboxylic acids is 1. The van der Waals surface area contributed by atoms with E-state index in [1.54, 1.807) is 7.11 Å². The molecule has 1 aromatic rings. The number of likely N-dealkylation sites (tertiary alicyclic amines) is 1. The number of aromatic nitrogens is 1. The van der Waals surface area contributed by atoms with E-state index in [1.807, 2.05) is 11.0 Å². The quantitative estimate of drug-likeness (QED) is 0.881. The van der Waals surface area contributed by atoms with Crippen LogP contribution in [-0.2, 0) is 22.7 Å². The lowest BCUT2D eigenvalue weighted by molar-refractivity contribution is -0.143. The molecule has 0 aromatic carbocycles. The zero-order valence-corrected chi connectivity index (χ0v) is 11.6. The van der Waals surface area contributed by atoms with Gasteiger partial charge in [0.1, 0.15) is 12.6 Å². The molecule has 0 spiro atoms. The van der Waals surface area contributed by atoms with Crippen LogP contribution in [0.4, 0.5) is 0 Å². The smallest absolute Gasteiger partial charge is 0.321 e. The molecule has 0 radical (unpaired) electrons. The first-order chi connectivity index (χ1) is 9.69. The Kier molecular flexibility index (Phi) is 3.76. The molecule has 2 fully saturated rings. The highest BCUT2D eigenvalue weighted by atomic mass is 16.5. The number of ether oxygens (including phenoxy) is 1. The van der Waals surface area contributed by atoms with Gasteiger partial charge in [0.2, 0.25) is 0 Å². The number of hydrogen-bond acceptors (Lipinski definition) is 5. The molecule has 1 N–H and O–H groups in total. The van der Waals surface area contributed by atoms with Gasteiger partial charge in [-0.15, -0.1) is 0 Å². The predicted octanol–water partition coefficient (Wildman–Crippen LogP) is 1.51. The molecule has 3 unspecified atom stereocenters. The fourth-order valence-electron chi connectivity index (χ4n) is 3.74. The van der Waals surface area contributed by atoms with Gasteiger partial charge >= 0.3 is 5.97 Å². The van der Waals surface area contributed by atoms with Crippen molar-refractivity contribution >= 4 is 5.97 Å². The molecular formula is C14H20N2O4. The summed E-state index contributed by atoms with van der Waals surface area (Å²) in [6, 6.07) is 1.47. The van der Waals surface area contributed by atoms with Crippen LogP contribution in [0.3, 0.4) is 0 Å². The summed E-state index contributed by atoms with van der Waals surface area (Å²) in [5.41, 5.74) is 0.781. The highest BCUT2D eigenvalue weighted by molar-refractivity contribution is 5.74. The van der Waals surface area contributed by atoms with Crippen molar-refractivity contribution in [1.82, 2.24) is 10.1 Å². The van der Waals surface area contributed by atoms with Gasteiger partial charge in [0.05, 0.1) is 5.69 Å². The summed E-state index contributed by atoms with van der Waals surface area (Å²) in [5, 5.41) is 13.5. The van der Waals surface area contributed by atoms with Gasteiger partial charge in [0.15, 0.2) is 5.76 Å². The fraction of sp³-hybridized carbons (Fsp3) is 0.714. The number of fused-ring (bicyclic) bond motifs is 1. The average Bonchev–Trinajstić information content (AvgIpc) is 3.05. The minimum atomic E-state index is -0.708. The summed E-state index contributed by atoms with van der Waals surface area (Å²) in [5.74, 6) is 0.799. The van der Waals surface area contributed by atoms with E-state index in [4.69, 9.17) is 9.26 Å². The lowest BCUT2D eigenvalue weighted by Crippen LogP contribution is -2.39. The molecule has 6 heteroatoms. The Morgan fingerprint density at radius 3 is 3.20 bits per heavy atom. The Hall–Kier alpha value is -1.40. The van der Waals surface area contributed by atoms with Crippen LogP contribution in [0, 0.1) is 11.8 Å². The maximum atomic E-state index is 11.5. The largest absolute Gasteiger partial charge is 0.480 e. The molecule has 2 aliphatic rings. The van der Waals surface area contributed by atoms with Gasteiger partial charge < -0.3 is 14.4 Å². The van der Waals surface area contributed by atoms with E-state index >= 15 is 0 Å². The van der Waals surface area contributed by atoms with Crippen LogP contribution in [0.1, 0.15) is 30.7 Å². The van der Waals surface area contributed by atoms with Gasteiger partial charge in [-0.2, -0.15) is 0 Å². The van der Waals surface area contributed by atoms with Crippen LogP contribution in [0.25, 0.3) is 0 Å². The Morgan fingerprint density at radius 2 is 2.45 bits per heavy atom. The van der Waals surface area contributed by atoms with Gasteiger partial charge in [-0.1, -0.05) is 11.6 Å². The van der Waals surface area contributed by atoms with E-state index in [9.17, 15) is 9.90 Å². The summed E-state index contributed by atoms with van der Waals surface area (Å²) in [6.07, 6.45) is 3.35. The third-order valence-corrected chi connectivity index (χ3v) is 4.50. The first kappa shape index (κ1) is 13.6. The van der Waals surface area contributed by atoms with Crippen molar-refractivity contribution in [2.75, 3.05) is 13.7 Å². The van der Waals surface area contributed by atoms with Gasteiger partial charge in [-0.3, -0.25) is 9.69 Å². The number of carboxylic acid groups (broad SMARTS) is 1. The van der Waals surface area contributed by atoms with Gasteiger partial charge in [0, 0.05) is 26.3 Å². The molecular weight excluding hydrogens is 260 g/mol. The lowest BCUT2D eigenvalue weighted by atomic mass is 9.94. The summed E-state index contributed by atoms with van der Waals surface area (Å²) in [4.78, 5) is 13.6. The monoisotopic (exact) mass is 280 g/mol. The maximum absolute atomic E-state index is 11.5. The second-order valence-corrected chi connectivity index (χ2v) is 5.78. The topological polar surface area (TPSA) is 75.8 Å². The molecule has 1 saturated heterocycles. The minimum absolute atomic E-state index is 0.304. The van der Waals surface area contributed by atoms with Crippen molar-refractivity contribution in [3.8, 4) is 0 Å². The van der Waals surface area contributed by atoms with E-state index in [1.165, 1.54) is 0 Å². The van der Waals surface area contributed by atoms with Crippen molar-refractivity contribution in [3.63, 3.8) is 0 Å². The Bertz CT molecular complexity index is 487. The molecule has 2 heterocycles. The molecule has 0 bridgehead atoms. The zero-order valence-electron chi connectivity index (χ0n) is 11.6. The normalized spacial score (nSPS) is 29.8. The first-order valence-corrected chi connectivity index (χ1v) is 7.09. The molecule has 6 nitrogen and oxygen atoms in total. The average molecular weight is 280 g/mol. The van der Waals surface area contributed by atoms with Crippen molar-refractivity contribution in [2.24, 2.45) is 11.8 Å². The number of rotatable bonds is 5. The van der Waals surface area contributed by atoms with Crippen LogP contribution in [0.15, 0.2) is 10.6 Å². The molecule has 1 aromatic heterocycles. The SMILES string of the molecule is COCc1cc(CN2CC3CCCC3C2C(=O)O)no1. The van der Waals surface area contributed by atoms with E-state index in [-0.39, 0.29) is 6.04 Å². The number of hydrogen-bond donors (Lipinski definition) is 1. The van der Waals surface area contributed by atoms with Crippen molar-refractivity contribution < 1.29 is 19.2 Å². The summed E-state index contributed by atoms with van der Waals surface area (Å²) in [7, 11) is 1.60. The number of methoxy groups -OCH3 is 1. The molecule has 1 saturated carbocycles. The van der Waals surface area contributed by atoms with E-state index in [0.717, 1.165) is 31.5 Å². The predicted molar refractivity (Wildman–Crippen MR) is 69.9 cm³/mol.